The molecule has 0 aliphatic heterocycles. The van der Waals surface area contributed by atoms with Crippen molar-refractivity contribution in [3.8, 4) is 0 Å². The Morgan fingerprint density at radius 1 is 1.29 bits per heavy atom. The molecule has 6 heteroatoms. The van der Waals surface area contributed by atoms with Gasteiger partial charge in [0.05, 0.1) is 5.88 Å². The van der Waals surface area contributed by atoms with Crippen LogP contribution in [-0.4, -0.2) is 24.2 Å². The predicted octanol–water partition coefficient (Wildman–Crippen LogP) is 5.05. The van der Waals surface area contributed by atoms with Crippen LogP contribution in [0.2, 0.25) is 30.8 Å². The Morgan fingerprint density at radius 3 is 2.62 bits per heavy atom. The third kappa shape index (κ3) is 4.22. The SMILES string of the molecule is Cc1cc(Cl)nc2c1cc(CCl)n2COCC[Si](C)(C)C. The maximum atomic E-state index is 6.08. The number of aryl methyl sites for hydroxylation is 1. The normalized spacial score (nSPS) is 12.3. The smallest absolute Gasteiger partial charge is 0.144 e. The average Bonchev–Trinajstić information content (AvgIpc) is 2.72. The van der Waals surface area contributed by atoms with Crippen molar-refractivity contribution in [3.05, 3.63) is 28.5 Å². The Labute approximate surface area is 137 Å². The molecular weight excluding hydrogens is 323 g/mol. The zero-order valence-corrected chi connectivity index (χ0v) is 15.6. The van der Waals surface area contributed by atoms with Crippen molar-refractivity contribution in [3.63, 3.8) is 0 Å². The largest absolute Gasteiger partial charge is 0.361 e. The number of aromatic nitrogens is 2. The Bertz CT molecular complexity index is 635. The molecule has 0 aliphatic carbocycles. The lowest BCUT2D eigenvalue weighted by Gasteiger charge is -2.16. The molecule has 0 spiro atoms. The lowest BCUT2D eigenvalue weighted by molar-refractivity contribution is 0.0885. The molecule has 0 bridgehead atoms. The summed E-state index contributed by atoms with van der Waals surface area (Å²) in [6, 6.07) is 5.09. The quantitative estimate of drug-likeness (QED) is 0.317. The van der Waals surface area contributed by atoms with E-state index in [2.05, 4.69) is 30.7 Å². The fourth-order valence-electron chi connectivity index (χ4n) is 2.18. The lowest BCUT2D eigenvalue weighted by atomic mass is 10.2. The first kappa shape index (κ1) is 16.8. The van der Waals surface area contributed by atoms with Crippen molar-refractivity contribution < 1.29 is 4.74 Å². The van der Waals surface area contributed by atoms with Crippen LogP contribution in [0.1, 0.15) is 11.3 Å². The number of nitrogens with zero attached hydrogens (tertiary/aromatic N) is 2. The molecule has 0 unspecified atom stereocenters. The second-order valence-electron chi connectivity index (χ2n) is 6.54. The van der Waals surface area contributed by atoms with Crippen molar-refractivity contribution in [2.75, 3.05) is 6.61 Å². The van der Waals surface area contributed by atoms with Gasteiger partial charge in [-0.05, 0) is 30.7 Å². The minimum Gasteiger partial charge on any atom is -0.361 e. The van der Waals surface area contributed by atoms with Crippen LogP contribution in [0.25, 0.3) is 11.0 Å². The molecule has 2 aromatic rings. The molecule has 3 nitrogen and oxygen atoms in total. The number of rotatable bonds is 6. The number of halogens is 2. The van der Waals surface area contributed by atoms with E-state index >= 15 is 0 Å². The Hall–Kier alpha value is -0.553. The van der Waals surface area contributed by atoms with Crippen molar-refractivity contribution in [2.45, 2.75) is 45.2 Å². The van der Waals surface area contributed by atoms with E-state index in [1.165, 1.54) is 0 Å². The molecule has 0 aromatic carbocycles. The lowest BCUT2D eigenvalue weighted by Crippen LogP contribution is -2.22. The molecule has 0 N–H and O–H groups in total. The van der Waals surface area contributed by atoms with Gasteiger partial charge in [0.2, 0.25) is 0 Å². The topological polar surface area (TPSA) is 27.1 Å². The number of pyridine rings is 1. The highest BCUT2D eigenvalue weighted by Crippen LogP contribution is 2.25. The van der Waals surface area contributed by atoms with Gasteiger partial charge >= 0.3 is 0 Å². The first-order valence-corrected chi connectivity index (χ1v) is 11.7. The summed E-state index contributed by atoms with van der Waals surface area (Å²) in [5.41, 5.74) is 2.97. The Balaban J connectivity index is 2.21. The maximum Gasteiger partial charge on any atom is 0.144 e. The van der Waals surface area contributed by atoms with Crippen LogP contribution < -0.4 is 0 Å². The summed E-state index contributed by atoms with van der Waals surface area (Å²) in [5, 5.41) is 1.59. The highest BCUT2D eigenvalue weighted by atomic mass is 35.5. The van der Waals surface area contributed by atoms with E-state index in [-0.39, 0.29) is 0 Å². The monoisotopic (exact) mass is 344 g/mol. The van der Waals surface area contributed by atoms with E-state index < -0.39 is 8.07 Å². The average molecular weight is 345 g/mol. The minimum atomic E-state index is -1.07. The summed E-state index contributed by atoms with van der Waals surface area (Å²) in [6.45, 7) is 10.3. The second kappa shape index (κ2) is 6.69. The molecule has 21 heavy (non-hydrogen) atoms. The van der Waals surface area contributed by atoms with Gasteiger partial charge in [0.25, 0.3) is 0 Å². The van der Waals surface area contributed by atoms with Crippen LogP contribution in [0.3, 0.4) is 0 Å². The summed E-state index contributed by atoms with van der Waals surface area (Å²) >= 11 is 12.1. The van der Waals surface area contributed by atoms with E-state index in [0.717, 1.165) is 34.9 Å². The molecule has 116 valence electrons. The molecule has 0 amide bonds. The van der Waals surface area contributed by atoms with Gasteiger partial charge in [0.15, 0.2) is 0 Å². The number of hydrogen-bond donors (Lipinski definition) is 0. The van der Waals surface area contributed by atoms with Crippen molar-refractivity contribution in [2.24, 2.45) is 0 Å². The van der Waals surface area contributed by atoms with Crippen LogP contribution in [0.5, 0.6) is 0 Å². The maximum absolute atomic E-state index is 6.08. The van der Waals surface area contributed by atoms with E-state index in [1.54, 1.807) is 0 Å². The number of hydrogen-bond acceptors (Lipinski definition) is 2. The molecule has 2 rings (SSSR count). The zero-order chi connectivity index (χ0) is 15.6. The van der Waals surface area contributed by atoms with Crippen molar-refractivity contribution in [1.82, 2.24) is 9.55 Å². The molecular formula is C15H22Cl2N2OSi. The molecule has 0 radical (unpaired) electrons. The third-order valence-corrected chi connectivity index (χ3v) is 5.65. The fraction of sp³-hybridized carbons (Fsp3) is 0.533. The summed E-state index contributed by atoms with van der Waals surface area (Å²) in [6.07, 6.45) is 0. The van der Waals surface area contributed by atoms with Gasteiger partial charge in [-0.3, -0.25) is 0 Å². The second-order valence-corrected chi connectivity index (χ2v) is 12.8. The van der Waals surface area contributed by atoms with Gasteiger partial charge in [0, 0.05) is 25.8 Å². The summed E-state index contributed by atoms with van der Waals surface area (Å²) < 4.78 is 7.86. The highest BCUT2D eigenvalue weighted by molar-refractivity contribution is 6.76. The van der Waals surface area contributed by atoms with Crippen LogP contribution in [0.15, 0.2) is 12.1 Å². The van der Waals surface area contributed by atoms with Crippen molar-refractivity contribution in [1.29, 1.82) is 0 Å². The van der Waals surface area contributed by atoms with Crippen LogP contribution in [0.4, 0.5) is 0 Å². The molecule has 0 fully saturated rings. The van der Waals surface area contributed by atoms with E-state index in [1.807, 2.05) is 17.6 Å². The van der Waals surface area contributed by atoms with Crippen LogP contribution in [-0.2, 0) is 17.3 Å². The van der Waals surface area contributed by atoms with Gasteiger partial charge in [-0.25, -0.2) is 4.98 Å². The third-order valence-electron chi connectivity index (χ3n) is 3.48. The zero-order valence-electron chi connectivity index (χ0n) is 13.0. The predicted molar refractivity (Wildman–Crippen MR) is 93.1 cm³/mol. The first-order valence-electron chi connectivity index (χ1n) is 7.11. The van der Waals surface area contributed by atoms with Gasteiger partial charge < -0.3 is 9.30 Å². The number of alkyl halides is 1. The van der Waals surface area contributed by atoms with Gasteiger partial charge in [0.1, 0.15) is 17.5 Å². The summed E-state index contributed by atoms with van der Waals surface area (Å²) in [7, 11) is -1.07. The first-order chi connectivity index (χ1) is 9.81. The van der Waals surface area contributed by atoms with E-state index in [0.29, 0.717) is 17.8 Å². The van der Waals surface area contributed by atoms with Crippen LogP contribution in [0, 0.1) is 6.92 Å². The fourth-order valence-corrected chi connectivity index (χ4v) is 3.40. The molecule has 0 aliphatic rings. The standard InChI is InChI=1S/C15H22Cl2N2OSi/c1-11-7-14(17)18-15-13(11)8-12(9-16)19(15)10-20-5-6-21(2,3)4/h7-8H,5-6,9-10H2,1-4H3. The Morgan fingerprint density at radius 2 is 2.00 bits per heavy atom. The molecule has 2 heterocycles. The summed E-state index contributed by atoms with van der Waals surface area (Å²) in [4.78, 5) is 4.43. The molecule has 0 atom stereocenters. The Kier molecular flexibility index (Phi) is 5.36. The van der Waals surface area contributed by atoms with Crippen LogP contribution >= 0.6 is 23.2 Å². The summed E-state index contributed by atoms with van der Waals surface area (Å²) in [5.74, 6) is 0.435. The van der Waals surface area contributed by atoms with Gasteiger partial charge in [-0.2, -0.15) is 0 Å². The molecule has 0 saturated heterocycles. The molecule has 0 saturated carbocycles. The van der Waals surface area contributed by atoms with Gasteiger partial charge in [-0.15, -0.1) is 11.6 Å². The van der Waals surface area contributed by atoms with Gasteiger partial charge in [-0.1, -0.05) is 31.2 Å². The minimum absolute atomic E-state index is 0.435. The number of ether oxygens (including phenoxy) is 1. The van der Waals surface area contributed by atoms with E-state index in [4.69, 9.17) is 27.9 Å². The van der Waals surface area contributed by atoms with Crippen molar-refractivity contribution >= 4 is 42.3 Å². The highest BCUT2D eigenvalue weighted by Gasteiger charge is 2.14. The molecule has 2 aromatic heterocycles. The number of fused-ring (bicyclic) bond motifs is 1. The van der Waals surface area contributed by atoms with E-state index in [9.17, 15) is 0 Å².